The van der Waals surface area contributed by atoms with Crippen LogP contribution in [0.1, 0.15) is 24.1 Å². The second-order valence-corrected chi connectivity index (χ2v) is 4.45. The van der Waals surface area contributed by atoms with Crippen molar-refractivity contribution in [2.45, 2.75) is 19.5 Å². The Labute approximate surface area is 107 Å². The zero-order chi connectivity index (χ0) is 13.0. The summed E-state index contributed by atoms with van der Waals surface area (Å²) in [5.74, 6) is 0.932. The van der Waals surface area contributed by atoms with Crippen molar-refractivity contribution in [1.82, 2.24) is 9.97 Å². The van der Waals surface area contributed by atoms with Crippen LogP contribution in [0.2, 0.25) is 0 Å². The van der Waals surface area contributed by atoms with Crippen LogP contribution in [0.5, 0.6) is 0 Å². The van der Waals surface area contributed by atoms with Gasteiger partial charge in [0.15, 0.2) is 0 Å². The number of pyridine rings is 2. The third-order valence-electron chi connectivity index (χ3n) is 2.86. The number of anilines is 1. The number of nitrogens with zero attached hydrogens (tertiary/aromatic N) is 3. The Morgan fingerprint density at radius 2 is 1.94 bits per heavy atom. The van der Waals surface area contributed by atoms with Gasteiger partial charge in [0.2, 0.25) is 0 Å². The summed E-state index contributed by atoms with van der Waals surface area (Å²) in [7, 11) is 2.02. The lowest BCUT2D eigenvalue weighted by Gasteiger charge is -2.19. The second kappa shape index (κ2) is 5.60. The molecule has 4 nitrogen and oxygen atoms in total. The van der Waals surface area contributed by atoms with Crippen molar-refractivity contribution < 1.29 is 0 Å². The number of hydrogen-bond donors (Lipinski definition) is 1. The van der Waals surface area contributed by atoms with Gasteiger partial charge in [-0.25, -0.2) is 4.98 Å². The van der Waals surface area contributed by atoms with Gasteiger partial charge in [0.25, 0.3) is 0 Å². The lowest BCUT2D eigenvalue weighted by molar-refractivity contribution is 0.809. The fourth-order valence-electron chi connectivity index (χ4n) is 1.77. The van der Waals surface area contributed by atoms with Crippen molar-refractivity contribution in [2.75, 3.05) is 11.9 Å². The van der Waals surface area contributed by atoms with Gasteiger partial charge >= 0.3 is 0 Å². The fourth-order valence-corrected chi connectivity index (χ4v) is 1.77. The number of aromatic nitrogens is 2. The van der Waals surface area contributed by atoms with E-state index in [1.165, 1.54) is 5.56 Å². The van der Waals surface area contributed by atoms with Crippen LogP contribution in [0.15, 0.2) is 42.9 Å². The summed E-state index contributed by atoms with van der Waals surface area (Å²) in [6, 6.07) is 8.03. The highest BCUT2D eigenvalue weighted by molar-refractivity contribution is 5.41. The third-order valence-corrected chi connectivity index (χ3v) is 2.86. The van der Waals surface area contributed by atoms with Crippen molar-refractivity contribution in [1.29, 1.82) is 0 Å². The largest absolute Gasteiger partial charge is 0.355 e. The van der Waals surface area contributed by atoms with Gasteiger partial charge in [-0.3, -0.25) is 4.98 Å². The van der Waals surface area contributed by atoms with E-state index in [9.17, 15) is 0 Å². The minimum absolute atomic E-state index is 0.0288. The fraction of sp³-hybridized carbons (Fsp3) is 0.286. The summed E-state index contributed by atoms with van der Waals surface area (Å²) in [5.41, 5.74) is 8.19. The Bertz CT molecular complexity index is 496. The normalized spacial score (nSPS) is 12.2. The minimum Gasteiger partial charge on any atom is -0.355 e. The Morgan fingerprint density at radius 1 is 1.22 bits per heavy atom. The maximum Gasteiger partial charge on any atom is 0.128 e. The first-order valence-electron chi connectivity index (χ1n) is 5.98. The van der Waals surface area contributed by atoms with E-state index in [1.54, 1.807) is 18.6 Å². The van der Waals surface area contributed by atoms with Crippen molar-refractivity contribution in [3.8, 4) is 0 Å². The van der Waals surface area contributed by atoms with E-state index < -0.39 is 0 Å². The van der Waals surface area contributed by atoms with Crippen LogP contribution < -0.4 is 10.6 Å². The molecular weight excluding hydrogens is 224 g/mol. The number of rotatable bonds is 4. The van der Waals surface area contributed by atoms with Gasteiger partial charge in [0, 0.05) is 38.2 Å². The van der Waals surface area contributed by atoms with Crippen LogP contribution in [0.25, 0.3) is 0 Å². The Balaban J connectivity index is 2.14. The van der Waals surface area contributed by atoms with E-state index in [0.717, 1.165) is 17.9 Å². The third kappa shape index (κ3) is 3.05. The highest BCUT2D eigenvalue weighted by atomic mass is 15.2. The van der Waals surface area contributed by atoms with Gasteiger partial charge in [0.1, 0.15) is 5.82 Å². The Kier molecular flexibility index (Phi) is 3.89. The van der Waals surface area contributed by atoms with Crippen LogP contribution in [0.3, 0.4) is 0 Å². The molecule has 2 aromatic rings. The first-order chi connectivity index (χ1) is 8.66. The molecule has 0 fully saturated rings. The number of nitrogens with two attached hydrogens (primary N) is 1. The molecule has 0 unspecified atom stereocenters. The second-order valence-electron chi connectivity index (χ2n) is 4.45. The average Bonchev–Trinajstić information content (AvgIpc) is 2.40. The van der Waals surface area contributed by atoms with Gasteiger partial charge in [0.05, 0.1) is 0 Å². The molecule has 0 aromatic carbocycles. The maximum absolute atomic E-state index is 5.88. The van der Waals surface area contributed by atoms with Gasteiger partial charge < -0.3 is 10.6 Å². The van der Waals surface area contributed by atoms with Crippen LogP contribution in [-0.2, 0) is 6.54 Å². The van der Waals surface area contributed by atoms with Gasteiger partial charge in [-0.1, -0.05) is 0 Å². The number of hydrogen-bond acceptors (Lipinski definition) is 4. The summed E-state index contributed by atoms with van der Waals surface area (Å²) in [6.45, 7) is 2.78. The van der Waals surface area contributed by atoms with Gasteiger partial charge in [-0.05, 0) is 42.3 Å². The van der Waals surface area contributed by atoms with E-state index in [-0.39, 0.29) is 6.04 Å². The average molecular weight is 242 g/mol. The standard InChI is InChI=1S/C14H18N4/c1-11(15)13-5-8-17-14(9-13)18(2)10-12-3-6-16-7-4-12/h3-9,11H,10,15H2,1-2H3/t11-/m0/s1. The van der Waals surface area contributed by atoms with E-state index in [0.29, 0.717) is 0 Å². The molecule has 2 aromatic heterocycles. The molecule has 0 saturated heterocycles. The molecule has 94 valence electrons. The lowest BCUT2D eigenvalue weighted by atomic mass is 10.1. The molecule has 0 radical (unpaired) electrons. The summed E-state index contributed by atoms with van der Waals surface area (Å²) < 4.78 is 0. The molecule has 0 amide bonds. The molecule has 0 saturated carbocycles. The summed E-state index contributed by atoms with van der Waals surface area (Å²) >= 11 is 0. The molecular formula is C14H18N4. The van der Waals surface area contributed by atoms with Crippen molar-refractivity contribution in [3.05, 3.63) is 54.0 Å². The SMILES string of the molecule is C[C@H](N)c1ccnc(N(C)Cc2ccncc2)c1. The zero-order valence-corrected chi connectivity index (χ0v) is 10.7. The molecule has 1 atom stereocenters. The van der Waals surface area contributed by atoms with E-state index in [2.05, 4.69) is 14.9 Å². The van der Waals surface area contributed by atoms with Gasteiger partial charge in [-0.15, -0.1) is 0 Å². The predicted molar refractivity (Wildman–Crippen MR) is 73.2 cm³/mol. The molecule has 0 aliphatic heterocycles. The first kappa shape index (κ1) is 12.5. The predicted octanol–water partition coefficient (Wildman–Crippen LogP) is 2.13. The summed E-state index contributed by atoms with van der Waals surface area (Å²) in [5, 5.41) is 0. The van der Waals surface area contributed by atoms with Crippen LogP contribution in [0, 0.1) is 0 Å². The molecule has 2 N–H and O–H groups in total. The molecule has 4 heteroatoms. The quantitative estimate of drug-likeness (QED) is 0.892. The van der Waals surface area contributed by atoms with Gasteiger partial charge in [-0.2, -0.15) is 0 Å². The van der Waals surface area contributed by atoms with Crippen molar-refractivity contribution in [2.24, 2.45) is 5.73 Å². The van der Waals surface area contributed by atoms with Crippen molar-refractivity contribution in [3.63, 3.8) is 0 Å². The lowest BCUT2D eigenvalue weighted by Crippen LogP contribution is -2.18. The molecule has 0 spiro atoms. The zero-order valence-electron chi connectivity index (χ0n) is 10.7. The Hall–Kier alpha value is -1.94. The molecule has 2 heterocycles. The highest BCUT2D eigenvalue weighted by Crippen LogP contribution is 2.17. The maximum atomic E-state index is 5.88. The summed E-state index contributed by atoms with van der Waals surface area (Å²) in [6.07, 6.45) is 5.40. The van der Waals surface area contributed by atoms with E-state index >= 15 is 0 Å². The van der Waals surface area contributed by atoms with E-state index in [1.807, 2.05) is 38.2 Å². The first-order valence-corrected chi connectivity index (χ1v) is 5.98. The van der Waals surface area contributed by atoms with E-state index in [4.69, 9.17) is 5.73 Å². The molecule has 0 aliphatic rings. The highest BCUT2D eigenvalue weighted by Gasteiger charge is 2.06. The smallest absolute Gasteiger partial charge is 0.128 e. The van der Waals surface area contributed by atoms with Crippen molar-refractivity contribution >= 4 is 5.82 Å². The summed E-state index contributed by atoms with van der Waals surface area (Å²) in [4.78, 5) is 10.5. The topological polar surface area (TPSA) is 55.0 Å². The molecule has 2 rings (SSSR count). The minimum atomic E-state index is 0.0288. The van der Waals surface area contributed by atoms with Crippen LogP contribution in [-0.4, -0.2) is 17.0 Å². The van der Waals surface area contributed by atoms with Crippen LogP contribution in [0.4, 0.5) is 5.82 Å². The monoisotopic (exact) mass is 242 g/mol. The molecule has 0 aliphatic carbocycles. The Morgan fingerprint density at radius 3 is 2.61 bits per heavy atom. The van der Waals surface area contributed by atoms with Crippen LogP contribution >= 0.6 is 0 Å². The molecule has 18 heavy (non-hydrogen) atoms. The molecule has 0 bridgehead atoms.